The maximum atomic E-state index is 13.1. The number of pyridine rings is 2. The minimum absolute atomic E-state index is 0.0262. The smallest absolute Gasteiger partial charge is 0.416 e. The average Bonchev–Trinajstić information content (AvgIpc) is 3.21. The lowest BCUT2D eigenvalue weighted by Gasteiger charge is -2.13. The van der Waals surface area contributed by atoms with Crippen LogP contribution >= 0.6 is 22.9 Å². The summed E-state index contributed by atoms with van der Waals surface area (Å²) in [5, 5.41) is 12.6. The van der Waals surface area contributed by atoms with Crippen LogP contribution in [-0.4, -0.2) is 29.1 Å². The van der Waals surface area contributed by atoms with Gasteiger partial charge >= 0.3 is 12.2 Å². The van der Waals surface area contributed by atoms with Crippen molar-refractivity contribution in [1.29, 1.82) is 0 Å². The largest absolute Gasteiger partial charge is 0.494 e. The van der Waals surface area contributed by atoms with Crippen LogP contribution in [0.5, 0.6) is 5.88 Å². The Bertz CT molecular complexity index is 1620. The number of aromatic hydroxyl groups is 1. The van der Waals surface area contributed by atoms with E-state index >= 15 is 0 Å². The number of amides is 2. The molecule has 2 amide bonds. The number of alkyl halides is 3. The summed E-state index contributed by atoms with van der Waals surface area (Å²) in [4.78, 5) is 28.5. The first-order chi connectivity index (χ1) is 16.3. The molecule has 15 heteroatoms. The van der Waals surface area contributed by atoms with Crippen LogP contribution in [0.15, 0.2) is 63.7 Å². The van der Waals surface area contributed by atoms with E-state index in [1.165, 1.54) is 24.3 Å². The van der Waals surface area contributed by atoms with Crippen molar-refractivity contribution in [3.8, 4) is 11.7 Å². The number of carbonyl (C=O) groups is 1. The first-order valence-electron chi connectivity index (χ1n) is 9.37. The third kappa shape index (κ3) is 5.08. The zero-order chi connectivity index (χ0) is 25.5. The fourth-order valence-electron chi connectivity index (χ4n) is 3.06. The van der Waals surface area contributed by atoms with Crippen molar-refractivity contribution in [1.82, 2.24) is 14.3 Å². The van der Waals surface area contributed by atoms with E-state index in [2.05, 4.69) is 10.3 Å². The number of nitrogens with zero attached hydrogens (tertiary/aromatic N) is 2. The minimum Gasteiger partial charge on any atom is -0.494 e. The molecule has 0 saturated heterocycles. The first kappa shape index (κ1) is 24.5. The van der Waals surface area contributed by atoms with Crippen LogP contribution in [-0.2, 0) is 16.2 Å². The third-order valence-corrected chi connectivity index (χ3v) is 7.66. The highest BCUT2D eigenvalue weighted by Gasteiger charge is 2.31. The summed E-state index contributed by atoms with van der Waals surface area (Å²) in [5.41, 5.74) is -1.75. The van der Waals surface area contributed by atoms with Crippen molar-refractivity contribution in [2.45, 2.75) is 10.4 Å². The number of hydrogen-bond donors (Lipinski definition) is 3. The molecule has 0 aliphatic carbocycles. The van der Waals surface area contributed by atoms with Crippen molar-refractivity contribution < 1.29 is 31.5 Å². The fraction of sp³-hybridized carbons (Fsp3) is 0.0500. The Labute approximate surface area is 203 Å². The number of aromatic nitrogens is 2. The highest BCUT2D eigenvalue weighted by Crippen LogP contribution is 2.34. The van der Waals surface area contributed by atoms with E-state index in [-0.39, 0.29) is 30.8 Å². The van der Waals surface area contributed by atoms with Crippen molar-refractivity contribution in [3.05, 3.63) is 75.0 Å². The topological polar surface area (TPSA) is 130 Å². The van der Waals surface area contributed by atoms with Gasteiger partial charge in [-0.05, 0) is 41.8 Å². The Kier molecular flexibility index (Phi) is 6.21. The van der Waals surface area contributed by atoms with Crippen LogP contribution in [0, 0.1) is 0 Å². The Morgan fingerprint density at radius 3 is 2.46 bits per heavy atom. The predicted molar refractivity (Wildman–Crippen MR) is 123 cm³/mol. The van der Waals surface area contributed by atoms with Crippen LogP contribution in [0.1, 0.15) is 5.56 Å². The van der Waals surface area contributed by atoms with E-state index in [9.17, 15) is 36.3 Å². The number of carbonyl (C=O) groups excluding carboxylic acids is 1. The number of thiophene rings is 1. The number of hydrogen-bond acceptors (Lipinski definition) is 7. The summed E-state index contributed by atoms with van der Waals surface area (Å²) < 4.78 is 66.1. The molecule has 0 bridgehead atoms. The Balaban J connectivity index is 1.59. The maximum absolute atomic E-state index is 13.1. The van der Waals surface area contributed by atoms with Gasteiger partial charge in [0.15, 0.2) is 0 Å². The standard InChI is InChI=1S/C20H12ClF3N4O5S2/c21-14-4-6-17(34-14)35(32,33)27-19(31)26-12-3-5-15(25-9-12)28-16(29)7-10-1-2-11(20(22,23)24)8-13(10)18(28)30/h1-9,30H,(H2,26,27,31). The number of benzene rings is 1. The quantitative estimate of drug-likeness (QED) is 0.350. The van der Waals surface area contributed by atoms with Gasteiger partial charge in [-0.25, -0.2) is 27.5 Å². The normalized spacial score (nSPS) is 12.0. The van der Waals surface area contributed by atoms with Crippen molar-refractivity contribution in [2.24, 2.45) is 0 Å². The van der Waals surface area contributed by atoms with Gasteiger partial charge in [0.25, 0.3) is 15.6 Å². The zero-order valence-electron chi connectivity index (χ0n) is 17.0. The highest BCUT2D eigenvalue weighted by molar-refractivity contribution is 7.92. The van der Waals surface area contributed by atoms with Crippen LogP contribution in [0.4, 0.5) is 23.7 Å². The van der Waals surface area contributed by atoms with Gasteiger partial charge < -0.3 is 10.4 Å². The van der Waals surface area contributed by atoms with Gasteiger partial charge in [-0.3, -0.25) is 4.79 Å². The molecule has 0 aliphatic heterocycles. The van der Waals surface area contributed by atoms with E-state index in [1.807, 2.05) is 0 Å². The first-order valence-corrected chi connectivity index (χ1v) is 12.0. The van der Waals surface area contributed by atoms with Gasteiger partial charge in [0.1, 0.15) is 10.0 Å². The highest BCUT2D eigenvalue weighted by atomic mass is 35.5. The molecule has 9 nitrogen and oxygen atoms in total. The lowest BCUT2D eigenvalue weighted by atomic mass is 10.1. The summed E-state index contributed by atoms with van der Waals surface area (Å²) in [7, 11) is -4.16. The Morgan fingerprint density at radius 1 is 1.11 bits per heavy atom. The van der Waals surface area contributed by atoms with Crippen molar-refractivity contribution in [3.63, 3.8) is 0 Å². The molecule has 4 rings (SSSR count). The number of sulfonamides is 1. The number of urea groups is 1. The summed E-state index contributed by atoms with van der Waals surface area (Å²) >= 11 is 6.46. The molecular weight excluding hydrogens is 533 g/mol. The minimum atomic E-state index is -4.66. The molecule has 0 atom stereocenters. The SMILES string of the molecule is O=C(Nc1ccc(-n2c(O)c3cc(C(F)(F)F)ccc3cc2=O)nc1)NS(=O)(=O)c1ccc(Cl)s1. The van der Waals surface area contributed by atoms with E-state index < -0.39 is 39.2 Å². The molecule has 3 aromatic heterocycles. The molecule has 0 radical (unpaired) electrons. The number of nitrogens with one attached hydrogen (secondary N) is 2. The van der Waals surface area contributed by atoms with Gasteiger partial charge in [0, 0.05) is 11.5 Å². The molecule has 0 unspecified atom stereocenters. The van der Waals surface area contributed by atoms with Gasteiger partial charge in [0.05, 0.1) is 21.8 Å². The second-order valence-electron chi connectivity index (χ2n) is 6.96. The molecule has 4 aromatic rings. The number of fused-ring (bicyclic) bond motifs is 1. The molecule has 3 N–H and O–H groups in total. The van der Waals surface area contributed by atoms with Gasteiger partial charge in [-0.2, -0.15) is 13.2 Å². The number of halogens is 4. The van der Waals surface area contributed by atoms with Crippen molar-refractivity contribution >= 4 is 55.5 Å². The van der Waals surface area contributed by atoms with Crippen LogP contribution < -0.4 is 15.6 Å². The van der Waals surface area contributed by atoms with Crippen LogP contribution in [0.2, 0.25) is 4.34 Å². The molecule has 1 aromatic carbocycles. The molecule has 3 heterocycles. The molecule has 35 heavy (non-hydrogen) atoms. The van der Waals surface area contributed by atoms with E-state index in [1.54, 1.807) is 4.72 Å². The molecule has 0 aliphatic rings. The monoisotopic (exact) mass is 544 g/mol. The number of anilines is 1. The summed E-state index contributed by atoms with van der Waals surface area (Å²) in [6, 6.07) is 7.54. The average molecular weight is 545 g/mol. The van der Waals surface area contributed by atoms with E-state index in [0.717, 1.165) is 35.7 Å². The van der Waals surface area contributed by atoms with E-state index in [0.29, 0.717) is 10.6 Å². The lowest BCUT2D eigenvalue weighted by Crippen LogP contribution is -2.34. The molecule has 182 valence electrons. The Hall–Kier alpha value is -3.62. The lowest BCUT2D eigenvalue weighted by molar-refractivity contribution is -0.137. The second-order valence-corrected chi connectivity index (χ2v) is 10.6. The fourth-order valence-corrected chi connectivity index (χ4v) is 5.45. The van der Waals surface area contributed by atoms with Gasteiger partial charge in [-0.1, -0.05) is 17.7 Å². The zero-order valence-corrected chi connectivity index (χ0v) is 19.4. The second kappa shape index (κ2) is 8.87. The van der Waals surface area contributed by atoms with Crippen molar-refractivity contribution in [2.75, 3.05) is 5.32 Å². The Morgan fingerprint density at radius 2 is 1.86 bits per heavy atom. The summed E-state index contributed by atoms with van der Waals surface area (Å²) in [5.74, 6) is -0.913. The van der Waals surface area contributed by atoms with Gasteiger partial charge in [-0.15, -0.1) is 11.3 Å². The number of rotatable bonds is 4. The maximum Gasteiger partial charge on any atom is 0.416 e. The predicted octanol–water partition coefficient (Wildman–Crippen LogP) is 4.34. The van der Waals surface area contributed by atoms with Crippen LogP contribution in [0.25, 0.3) is 16.6 Å². The third-order valence-electron chi connectivity index (χ3n) is 4.61. The molecule has 0 spiro atoms. The molecule has 0 fully saturated rings. The van der Waals surface area contributed by atoms with Gasteiger partial charge in [0.2, 0.25) is 5.88 Å². The van der Waals surface area contributed by atoms with Crippen LogP contribution in [0.3, 0.4) is 0 Å². The molecular formula is C20H12ClF3N4O5S2. The molecule has 0 saturated carbocycles. The summed E-state index contributed by atoms with van der Waals surface area (Å²) in [6.45, 7) is 0. The summed E-state index contributed by atoms with van der Waals surface area (Å²) in [6.07, 6.45) is -3.59. The van der Waals surface area contributed by atoms with E-state index in [4.69, 9.17) is 11.6 Å².